The van der Waals surface area contributed by atoms with E-state index in [-0.39, 0.29) is 12.4 Å². The van der Waals surface area contributed by atoms with Gasteiger partial charge < -0.3 is 0 Å². The highest BCUT2D eigenvalue weighted by atomic mass is 35.7. The molecule has 0 aliphatic rings. The molecule has 0 rings (SSSR count). The van der Waals surface area contributed by atoms with Crippen LogP contribution in [-0.2, 0) is 0 Å². The van der Waals surface area contributed by atoms with Crippen LogP contribution >= 0.6 is 34.6 Å². The first-order valence-electron chi connectivity index (χ1n) is 2.63. The molecule has 0 nitrogen and oxygen atoms in total. The van der Waals surface area contributed by atoms with Gasteiger partial charge in [0, 0.05) is 0 Å². The molecule has 0 aliphatic heterocycles. The van der Waals surface area contributed by atoms with E-state index in [1.807, 2.05) is 6.55 Å². The number of rotatable bonds is 1. The molecular weight excluding hydrogens is 211 g/mol. The molecule has 0 radical (unpaired) electrons. The van der Waals surface area contributed by atoms with Gasteiger partial charge in [-0.3, -0.25) is 0 Å². The second-order valence-electron chi connectivity index (χ2n) is 3.14. The van der Waals surface area contributed by atoms with Gasteiger partial charge in [-0.15, -0.1) is 12.4 Å². The Kier molecular flexibility index (Phi) is 5.21. The van der Waals surface area contributed by atoms with Crippen molar-refractivity contribution in [2.75, 3.05) is 0 Å². The summed E-state index contributed by atoms with van der Waals surface area (Å²) in [6, 6.07) is 0. The van der Waals surface area contributed by atoms with E-state index in [1.165, 1.54) is 0 Å². The van der Waals surface area contributed by atoms with Gasteiger partial charge in [0.25, 0.3) is 0 Å². The van der Waals surface area contributed by atoms with Crippen molar-refractivity contribution in [1.82, 2.24) is 0 Å². The van der Waals surface area contributed by atoms with E-state index in [0.29, 0.717) is 0 Å². The Labute approximate surface area is 74.6 Å². The molecule has 0 aliphatic carbocycles. The summed E-state index contributed by atoms with van der Waals surface area (Å²) < 4.78 is 0. The van der Waals surface area contributed by atoms with Gasteiger partial charge in [-0.2, -0.15) is 22.2 Å². The van der Waals surface area contributed by atoms with Gasteiger partial charge >= 0.3 is 0 Å². The van der Waals surface area contributed by atoms with Crippen molar-refractivity contribution in [1.29, 1.82) is 0 Å². The summed E-state index contributed by atoms with van der Waals surface area (Å²) in [4.78, 5) is 0. The van der Waals surface area contributed by atoms with E-state index in [9.17, 15) is 0 Å². The maximum atomic E-state index is 5.98. The zero-order valence-corrected chi connectivity index (χ0v) is 10.5. The summed E-state index contributed by atoms with van der Waals surface area (Å²) in [5, 5.41) is 0. The van der Waals surface area contributed by atoms with Crippen LogP contribution in [0.3, 0.4) is 0 Å². The van der Waals surface area contributed by atoms with Crippen molar-refractivity contribution >= 4 is 48.4 Å². The fourth-order valence-corrected chi connectivity index (χ4v) is 0. The van der Waals surface area contributed by atoms with E-state index >= 15 is 0 Å². The molecule has 0 aromatic rings. The number of halogens is 3. The van der Waals surface area contributed by atoms with Gasteiger partial charge in [0.1, 0.15) is 0 Å². The molecule has 0 aromatic heterocycles. The molecule has 0 N–H and O–H groups in total. The van der Waals surface area contributed by atoms with Gasteiger partial charge in [-0.1, -0.05) is 19.6 Å². The summed E-state index contributed by atoms with van der Waals surface area (Å²) in [5.41, 5.74) is 0. The van der Waals surface area contributed by atoms with E-state index in [0.717, 1.165) is 0 Å². The predicted octanol–water partition coefficient (Wildman–Crippen LogP) is 3.37. The van der Waals surface area contributed by atoms with Crippen molar-refractivity contribution in [3.8, 4) is 0 Å². The highest BCUT2D eigenvalue weighted by Gasteiger charge is 2.38. The van der Waals surface area contributed by atoms with Crippen molar-refractivity contribution in [3.63, 3.8) is 0 Å². The fraction of sp³-hybridized carbons (Fsp3) is 1.00. The molecule has 0 amide bonds. The molecule has 0 saturated carbocycles. The lowest BCUT2D eigenvalue weighted by Crippen LogP contribution is -2.45. The lowest BCUT2D eigenvalue weighted by Gasteiger charge is -2.24. The molecule has 0 bridgehead atoms. The average Bonchev–Trinajstić information content (AvgIpc) is 1.25. The standard InChI is InChI=1S/C4H12Cl2Si2.ClH/c1-7(2,3)8(4,5)6;/h1-4H3;1H. The maximum absolute atomic E-state index is 5.98. The quantitative estimate of drug-likeness (QED) is 0.472. The lowest BCUT2D eigenvalue weighted by molar-refractivity contribution is 1.83. The Morgan fingerprint density at radius 2 is 1.00 bits per heavy atom. The van der Waals surface area contributed by atoms with Crippen LogP contribution in [0.15, 0.2) is 0 Å². The van der Waals surface area contributed by atoms with Crippen LogP contribution in [-0.4, -0.2) is 13.8 Å². The SMILES string of the molecule is C[Si](C)(C)[Si](C)(Cl)Cl.Cl. The predicted molar refractivity (Wildman–Crippen MR) is 53.9 cm³/mol. The molecule has 5 heteroatoms. The van der Waals surface area contributed by atoms with Crippen LogP contribution in [0.1, 0.15) is 0 Å². The fourth-order valence-electron chi connectivity index (χ4n) is 0. The second-order valence-corrected chi connectivity index (χ2v) is 23.9. The molecule has 0 unspecified atom stereocenters. The Morgan fingerprint density at radius 3 is 1.00 bits per heavy atom. The van der Waals surface area contributed by atoms with Gasteiger partial charge in [-0.25, -0.2) is 0 Å². The van der Waals surface area contributed by atoms with E-state index in [2.05, 4.69) is 19.6 Å². The summed E-state index contributed by atoms with van der Waals surface area (Å²) in [6.07, 6.45) is -1.78. The molecule has 0 saturated heterocycles. The van der Waals surface area contributed by atoms with Crippen LogP contribution in [0.25, 0.3) is 0 Å². The molecule has 9 heavy (non-hydrogen) atoms. The van der Waals surface area contributed by atoms with Crippen molar-refractivity contribution in [2.24, 2.45) is 0 Å². The van der Waals surface area contributed by atoms with Gasteiger partial charge in [0.05, 0.1) is 7.59 Å². The van der Waals surface area contributed by atoms with Crippen molar-refractivity contribution in [3.05, 3.63) is 0 Å². The first-order valence-corrected chi connectivity index (χ1v) is 11.7. The minimum atomic E-state index is -1.78. The topological polar surface area (TPSA) is 0 Å². The molecule has 0 spiro atoms. The molecule has 0 heterocycles. The normalized spacial score (nSPS) is 12.7. The largest absolute Gasteiger partial charge is 0.235 e. The van der Waals surface area contributed by atoms with Crippen molar-refractivity contribution < 1.29 is 0 Å². The molecular formula is C4H13Cl3Si2. The van der Waals surface area contributed by atoms with Crippen LogP contribution in [0, 0.1) is 0 Å². The van der Waals surface area contributed by atoms with Gasteiger partial charge in [-0.05, 0) is 6.55 Å². The van der Waals surface area contributed by atoms with Crippen LogP contribution in [0.2, 0.25) is 26.2 Å². The molecule has 0 atom stereocenters. The maximum Gasteiger partial charge on any atom is 0.235 e. The minimum Gasteiger partial charge on any atom is -0.150 e. The second kappa shape index (κ2) is 3.62. The third-order valence-electron chi connectivity index (χ3n) is 1.32. The number of hydrogen-bond acceptors (Lipinski definition) is 0. The third-order valence-corrected chi connectivity index (χ3v) is 22.1. The molecule has 0 fully saturated rings. The smallest absolute Gasteiger partial charge is 0.150 e. The third kappa shape index (κ3) is 4.67. The highest BCUT2D eigenvalue weighted by Crippen LogP contribution is 2.26. The first kappa shape index (κ1) is 12.9. The average molecular weight is 224 g/mol. The zero-order valence-electron chi connectivity index (χ0n) is 6.16. The Balaban J connectivity index is 0. The summed E-state index contributed by atoms with van der Waals surface area (Å²) >= 11 is 12.0. The Hall–Kier alpha value is 1.30. The minimum absolute atomic E-state index is 0. The Morgan fingerprint density at radius 1 is 0.889 bits per heavy atom. The zero-order chi connectivity index (χ0) is 7.00. The lowest BCUT2D eigenvalue weighted by atomic mass is 11.8. The van der Waals surface area contributed by atoms with Crippen molar-refractivity contribution in [2.45, 2.75) is 26.2 Å². The van der Waals surface area contributed by atoms with Crippen LogP contribution in [0.5, 0.6) is 0 Å². The van der Waals surface area contributed by atoms with Gasteiger partial charge in [0.15, 0.2) is 0 Å². The Bertz CT molecular complexity index is 68.8. The summed E-state index contributed by atoms with van der Waals surface area (Å²) in [6.45, 7) is 8.62. The van der Waals surface area contributed by atoms with E-state index < -0.39 is 13.8 Å². The van der Waals surface area contributed by atoms with Gasteiger partial charge in [0.2, 0.25) is 6.21 Å². The van der Waals surface area contributed by atoms with E-state index in [4.69, 9.17) is 22.2 Å². The van der Waals surface area contributed by atoms with E-state index in [1.54, 1.807) is 0 Å². The summed E-state index contributed by atoms with van der Waals surface area (Å²) in [5.74, 6) is 0. The monoisotopic (exact) mass is 222 g/mol. The first-order chi connectivity index (χ1) is 3.25. The summed E-state index contributed by atoms with van der Waals surface area (Å²) in [7, 11) is -1.19. The number of hydrogen-bond donors (Lipinski definition) is 0. The van der Waals surface area contributed by atoms with Crippen LogP contribution in [0.4, 0.5) is 0 Å². The molecule has 58 valence electrons. The highest BCUT2D eigenvalue weighted by molar-refractivity contribution is 7.74. The molecule has 0 aromatic carbocycles. The van der Waals surface area contributed by atoms with Crippen LogP contribution < -0.4 is 0 Å².